The van der Waals surface area contributed by atoms with Crippen LogP contribution in [0.3, 0.4) is 0 Å². The first-order valence-corrected chi connectivity index (χ1v) is 12.1. The standard InChI is InChI=1S/C22H22F2N4O3S2/c1-10-12(3)33-20-17(10)19(29)26-16(27-20)9-32-13(4)21(30)31-11(2)18-25-14-7-5-6-8-15(14)28(18)22(23)24/h5-8,11,13,22H,9H2,1-4H3,(H,26,27,29). The second-order valence-electron chi connectivity index (χ2n) is 7.61. The molecule has 33 heavy (non-hydrogen) atoms. The number of aryl methyl sites for hydroxylation is 2. The van der Waals surface area contributed by atoms with Crippen LogP contribution in [0.5, 0.6) is 0 Å². The van der Waals surface area contributed by atoms with Crippen molar-refractivity contribution in [2.45, 2.75) is 51.4 Å². The van der Waals surface area contributed by atoms with Gasteiger partial charge < -0.3 is 9.72 Å². The number of para-hydroxylation sites is 2. The Kier molecular flexibility index (Phi) is 6.53. The van der Waals surface area contributed by atoms with E-state index in [2.05, 4.69) is 15.0 Å². The second kappa shape index (κ2) is 9.22. The predicted octanol–water partition coefficient (Wildman–Crippen LogP) is 5.27. The first kappa shape index (κ1) is 23.4. The highest BCUT2D eigenvalue weighted by Crippen LogP contribution is 2.30. The number of rotatable bonds is 7. The number of nitrogens with zero attached hydrogens (tertiary/aromatic N) is 3. The van der Waals surface area contributed by atoms with Gasteiger partial charge in [-0.25, -0.2) is 9.97 Å². The van der Waals surface area contributed by atoms with Crippen molar-refractivity contribution in [2.75, 3.05) is 0 Å². The van der Waals surface area contributed by atoms with E-state index in [4.69, 9.17) is 4.74 Å². The minimum absolute atomic E-state index is 0.0170. The number of H-pyrrole nitrogens is 1. The lowest BCUT2D eigenvalue weighted by Gasteiger charge is -2.17. The van der Waals surface area contributed by atoms with Gasteiger partial charge in [0.15, 0.2) is 11.9 Å². The number of nitrogens with one attached hydrogen (secondary N) is 1. The Bertz CT molecular complexity index is 1400. The Balaban J connectivity index is 1.45. The molecule has 0 aliphatic rings. The van der Waals surface area contributed by atoms with Crippen LogP contribution in [0.4, 0.5) is 8.78 Å². The molecule has 1 N–H and O–H groups in total. The van der Waals surface area contributed by atoms with Gasteiger partial charge in [-0.1, -0.05) is 12.1 Å². The van der Waals surface area contributed by atoms with Crippen molar-refractivity contribution in [1.29, 1.82) is 0 Å². The summed E-state index contributed by atoms with van der Waals surface area (Å²) in [5.41, 5.74) is 1.40. The van der Waals surface area contributed by atoms with Gasteiger partial charge in [-0.2, -0.15) is 8.78 Å². The number of alkyl halides is 2. The number of thiophene rings is 1. The van der Waals surface area contributed by atoms with E-state index in [9.17, 15) is 18.4 Å². The first-order chi connectivity index (χ1) is 15.7. The Hall–Kier alpha value is -2.79. The third kappa shape index (κ3) is 4.51. The number of carbonyl (C=O) groups is 1. The lowest BCUT2D eigenvalue weighted by Crippen LogP contribution is -2.21. The van der Waals surface area contributed by atoms with Crippen molar-refractivity contribution >= 4 is 50.3 Å². The molecule has 0 saturated carbocycles. The zero-order valence-electron chi connectivity index (χ0n) is 18.4. The van der Waals surface area contributed by atoms with Crippen molar-refractivity contribution in [3.05, 3.63) is 56.7 Å². The third-order valence-electron chi connectivity index (χ3n) is 5.36. The molecule has 0 radical (unpaired) electrons. The molecule has 0 fully saturated rings. The van der Waals surface area contributed by atoms with Crippen LogP contribution in [0.2, 0.25) is 0 Å². The molecule has 0 saturated heterocycles. The number of halogens is 2. The van der Waals surface area contributed by atoms with Crippen LogP contribution in [0.15, 0.2) is 29.1 Å². The normalized spacial score (nSPS) is 13.7. The number of hydrogen-bond acceptors (Lipinski definition) is 7. The van der Waals surface area contributed by atoms with Crippen LogP contribution in [-0.2, 0) is 15.3 Å². The Morgan fingerprint density at radius 2 is 1.97 bits per heavy atom. The lowest BCUT2D eigenvalue weighted by atomic mass is 10.2. The molecule has 3 heterocycles. The molecule has 2 unspecified atom stereocenters. The van der Waals surface area contributed by atoms with Crippen LogP contribution in [0.1, 0.15) is 48.6 Å². The van der Waals surface area contributed by atoms with Gasteiger partial charge in [0.25, 0.3) is 5.56 Å². The maximum Gasteiger partial charge on any atom is 0.320 e. The number of aromatic amines is 1. The fourth-order valence-corrected chi connectivity index (χ4v) is 5.30. The number of fused-ring (bicyclic) bond motifs is 2. The van der Waals surface area contributed by atoms with Crippen LogP contribution in [-0.4, -0.2) is 30.7 Å². The molecule has 3 aromatic heterocycles. The van der Waals surface area contributed by atoms with E-state index in [0.29, 0.717) is 27.3 Å². The minimum Gasteiger partial charge on any atom is -0.454 e. The smallest absolute Gasteiger partial charge is 0.320 e. The monoisotopic (exact) mass is 492 g/mol. The van der Waals surface area contributed by atoms with E-state index in [0.717, 1.165) is 15.0 Å². The fraction of sp³-hybridized carbons (Fsp3) is 0.364. The largest absolute Gasteiger partial charge is 0.454 e. The lowest BCUT2D eigenvalue weighted by molar-refractivity contribution is -0.148. The number of benzene rings is 1. The summed E-state index contributed by atoms with van der Waals surface area (Å²) in [5, 5.41) is -0.0147. The van der Waals surface area contributed by atoms with Gasteiger partial charge in [0.2, 0.25) is 0 Å². The Labute approximate surface area is 196 Å². The van der Waals surface area contributed by atoms with Gasteiger partial charge in [-0.3, -0.25) is 14.2 Å². The molecule has 174 valence electrons. The minimum atomic E-state index is -2.82. The van der Waals surface area contributed by atoms with Crippen LogP contribution < -0.4 is 5.56 Å². The highest BCUT2D eigenvalue weighted by molar-refractivity contribution is 7.99. The van der Waals surface area contributed by atoms with Crippen molar-refractivity contribution in [1.82, 2.24) is 19.5 Å². The number of aromatic nitrogens is 4. The molecule has 0 aliphatic carbocycles. The quantitative estimate of drug-likeness (QED) is 0.354. The summed E-state index contributed by atoms with van der Waals surface area (Å²) < 4.78 is 33.6. The Morgan fingerprint density at radius 1 is 1.24 bits per heavy atom. The highest BCUT2D eigenvalue weighted by atomic mass is 32.2. The summed E-state index contributed by atoms with van der Waals surface area (Å²) in [5.74, 6) is 0.177. The maximum atomic E-state index is 13.7. The predicted molar refractivity (Wildman–Crippen MR) is 126 cm³/mol. The average molecular weight is 493 g/mol. The summed E-state index contributed by atoms with van der Waals surface area (Å²) in [6.07, 6.45) is -0.965. The van der Waals surface area contributed by atoms with Gasteiger partial charge in [0, 0.05) is 4.88 Å². The molecule has 4 aromatic rings. The molecular weight excluding hydrogens is 470 g/mol. The summed E-state index contributed by atoms with van der Waals surface area (Å²) in [4.78, 5) is 38.2. The molecular formula is C22H22F2N4O3S2. The zero-order valence-corrected chi connectivity index (χ0v) is 20.0. The van der Waals surface area contributed by atoms with Crippen LogP contribution >= 0.6 is 23.1 Å². The molecule has 0 bridgehead atoms. The third-order valence-corrected chi connectivity index (χ3v) is 7.60. The van der Waals surface area contributed by atoms with Crippen molar-refractivity contribution in [3.8, 4) is 0 Å². The number of carbonyl (C=O) groups excluding carboxylic acids is 1. The molecule has 7 nitrogen and oxygen atoms in total. The number of esters is 1. The van der Waals surface area contributed by atoms with Gasteiger partial charge in [-0.15, -0.1) is 23.1 Å². The SMILES string of the molecule is Cc1sc2nc(CSC(C)C(=O)OC(C)c3nc4ccccc4n3C(F)F)[nH]c(=O)c2c1C. The molecule has 0 aliphatic heterocycles. The molecule has 2 atom stereocenters. The second-order valence-corrected chi connectivity index (χ2v) is 10.1. The van der Waals surface area contributed by atoms with Crippen molar-refractivity contribution in [3.63, 3.8) is 0 Å². The van der Waals surface area contributed by atoms with E-state index >= 15 is 0 Å². The van der Waals surface area contributed by atoms with E-state index in [1.165, 1.54) is 30.0 Å². The molecule has 0 amide bonds. The summed E-state index contributed by atoms with van der Waals surface area (Å²) in [6, 6.07) is 6.54. The van der Waals surface area contributed by atoms with Gasteiger partial charge in [0.05, 0.1) is 22.2 Å². The summed E-state index contributed by atoms with van der Waals surface area (Å²) >= 11 is 2.70. The number of ether oxygens (including phenoxy) is 1. The Morgan fingerprint density at radius 3 is 2.70 bits per heavy atom. The van der Waals surface area contributed by atoms with E-state index in [1.807, 2.05) is 13.8 Å². The van der Waals surface area contributed by atoms with E-state index in [1.54, 1.807) is 31.2 Å². The van der Waals surface area contributed by atoms with Crippen LogP contribution in [0.25, 0.3) is 21.3 Å². The van der Waals surface area contributed by atoms with E-state index < -0.39 is 23.9 Å². The highest BCUT2D eigenvalue weighted by Gasteiger charge is 2.26. The molecule has 11 heteroatoms. The number of hydrogen-bond donors (Lipinski definition) is 1. The number of imidazole rings is 1. The fourth-order valence-electron chi connectivity index (χ4n) is 3.52. The summed E-state index contributed by atoms with van der Waals surface area (Å²) in [6.45, 7) is 4.19. The van der Waals surface area contributed by atoms with Gasteiger partial charge in [-0.05, 0) is 45.4 Å². The maximum absolute atomic E-state index is 13.7. The number of thioether (sulfide) groups is 1. The zero-order chi connectivity index (χ0) is 23.9. The topological polar surface area (TPSA) is 89.9 Å². The average Bonchev–Trinajstić information content (AvgIpc) is 3.29. The molecule has 1 aromatic carbocycles. The van der Waals surface area contributed by atoms with Crippen molar-refractivity contribution in [2.24, 2.45) is 0 Å². The van der Waals surface area contributed by atoms with Crippen LogP contribution in [0, 0.1) is 13.8 Å². The molecule has 4 rings (SSSR count). The van der Waals surface area contributed by atoms with Crippen molar-refractivity contribution < 1.29 is 18.3 Å². The van der Waals surface area contributed by atoms with Gasteiger partial charge in [0.1, 0.15) is 15.9 Å². The summed E-state index contributed by atoms with van der Waals surface area (Å²) in [7, 11) is 0. The van der Waals surface area contributed by atoms with Gasteiger partial charge >= 0.3 is 12.5 Å². The van der Waals surface area contributed by atoms with E-state index in [-0.39, 0.29) is 16.9 Å². The first-order valence-electron chi connectivity index (χ1n) is 10.2. The molecule has 0 spiro atoms.